The van der Waals surface area contributed by atoms with Crippen molar-refractivity contribution in [3.63, 3.8) is 0 Å². The summed E-state index contributed by atoms with van der Waals surface area (Å²) in [5.41, 5.74) is 16.3. The van der Waals surface area contributed by atoms with Gasteiger partial charge in [0.1, 0.15) is 5.76 Å². The van der Waals surface area contributed by atoms with E-state index in [9.17, 15) is 9.90 Å². The van der Waals surface area contributed by atoms with Gasteiger partial charge in [-0.1, -0.05) is 20.8 Å². The van der Waals surface area contributed by atoms with E-state index in [0.29, 0.717) is 29.5 Å². The molecular weight excluding hydrogens is 748 g/mol. The molecule has 8 bridgehead atoms. The van der Waals surface area contributed by atoms with Gasteiger partial charge >= 0.3 is 0 Å². The number of aliphatic hydroxyl groups excluding tert-OH is 1. The first-order valence-corrected chi connectivity index (χ1v) is 21.2. The van der Waals surface area contributed by atoms with Gasteiger partial charge in [0.15, 0.2) is 0 Å². The fraction of sp³-hybridized carbons (Fsp3) is 0.543. The van der Waals surface area contributed by atoms with Crippen LogP contribution in [0.25, 0.3) is 0 Å². The maximum absolute atomic E-state index is 14.2. The van der Waals surface area contributed by atoms with E-state index in [-0.39, 0.29) is 17.7 Å². The van der Waals surface area contributed by atoms with Crippen molar-refractivity contribution in [1.82, 2.24) is 4.90 Å². The Kier molecular flexibility index (Phi) is 11.9. The topological polar surface area (TPSA) is 77.6 Å². The summed E-state index contributed by atoms with van der Waals surface area (Å²) >= 11 is 4.06. The van der Waals surface area contributed by atoms with Gasteiger partial charge in [0.2, 0.25) is 5.91 Å². The summed E-state index contributed by atoms with van der Waals surface area (Å²) in [6.07, 6.45) is 10.4. The average Bonchev–Trinajstić information content (AvgIpc) is 3.86. The number of amides is 1. The number of carbonyl (C=O) groups is 1. The van der Waals surface area contributed by atoms with Crippen molar-refractivity contribution in [2.24, 2.45) is 26.8 Å². The highest BCUT2D eigenvalue weighted by atomic mass is 79.9. The van der Waals surface area contributed by atoms with E-state index in [1.165, 1.54) is 27.9 Å². The summed E-state index contributed by atoms with van der Waals surface area (Å²) in [6, 6.07) is 0. The van der Waals surface area contributed by atoms with E-state index in [2.05, 4.69) is 117 Å². The van der Waals surface area contributed by atoms with Crippen molar-refractivity contribution in [1.29, 1.82) is 0 Å². The molecule has 4 heterocycles. The minimum absolute atomic E-state index is 0.0221. The molecule has 296 valence electrons. The number of fused-ring (bicyclic) bond motifs is 5. The number of rotatable bonds is 13. The van der Waals surface area contributed by atoms with Crippen LogP contribution in [0.15, 0.2) is 105 Å². The van der Waals surface area contributed by atoms with Gasteiger partial charge < -0.3 is 19.0 Å². The quantitative estimate of drug-likeness (QED) is 0.149. The molecule has 2 aliphatic carbocycles. The third kappa shape index (κ3) is 8.36. The van der Waals surface area contributed by atoms with Crippen molar-refractivity contribution in [3.05, 3.63) is 96.7 Å². The van der Waals surface area contributed by atoms with Gasteiger partial charge in [0.25, 0.3) is 0 Å². The third-order valence-electron chi connectivity index (χ3n) is 12.4. The van der Waals surface area contributed by atoms with Crippen LogP contribution in [0.1, 0.15) is 92.9 Å². The van der Waals surface area contributed by atoms with E-state index in [1.807, 2.05) is 0 Å². The molecule has 0 aromatic heterocycles. The van der Waals surface area contributed by atoms with E-state index in [1.54, 1.807) is 0 Å². The van der Waals surface area contributed by atoms with Crippen LogP contribution in [-0.2, 0) is 4.79 Å². The summed E-state index contributed by atoms with van der Waals surface area (Å²) in [6.45, 7) is 16.6. The Balaban J connectivity index is 1.40. The van der Waals surface area contributed by atoms with Gasteiger partial charge in [-0.2, -0.15) is 0 Å². The van der Waals surface area contributed by atoms with Crippen LogP contribution in [0.3, 0.4) is 0 Å². The number of allylic oxidation sites excluding steroid dienone is 13. The van der Waals surface area contributed by atoms with Gasteiger partial charge in [0.05, 0.1) is 67.2 Å². The van der Waals surface area contributed by atoms with Crippen LogP contribution in [0.4, 0.5) is 0 Å². The number of hydrogen-bond acceptors (Lipinski definition) is 5. The maximum Gasteiger partial charge on any atom is 0.222 e. The Labute approximate surface area is 339 Å². The van der Waals surface area contributed by atoms with Crippen LogP contribution in [0, 0.1) is 18.9 Å². The van der Waals surface area contributed by atoms with Crippen molar-refractivity contribution in [2.45, 2.75) is 92.9 Å². The molecule has 8 nitrogen and oxygen atoms in total. The zero-order chi connectivity index (χ0) is 40.1. The van der Waals surface area contributed by atoms with E-state index >= 15 is 0 Å². The lowest BCUT2D eigenvalue weighted by Crippen LogP contribution is -2.41. The first-order chi connectivity index (χ1) is 25.8. The number of carbonyl (C=O) groups excluding carboxylic acids is 1. The predicted molar refractivity (Wildman–Crippen MR) is 232 cm³/mol. The van der Waals surface area contributed by atoms with Crippen LogP contribution in [0.5, 0.6) is 0 Å². The van der Waals surface area contributed by atoms with Gasteiger partial charge in [-0.05, 0) is 119 Å². The molecule has 0 aromatic rings. The SMILES string of the molecule is [CH2-][N+](C)(C)CCCN(CCC[N+](C)(C)C)C(=O)CC[C@@H]1C2=NC(=C(Br)C3=NC(=CC4=NC(=CC5=C(C)C6=C(O)CC2=C6C5)C(CC)=C4C)C(CC)=C3C)[C@H]1C. The van der Waals surface area contributed by atoms with Crippen molar-refractivity contribution in [2.75, 3.05) is 61.4 Å². The lowest BCUT2D eigenvalue weighted by Gasteiger charge is -2.34. The van der Waals surface area contributed by atoms with Crippen molar-refractivity contribution < 1.29 is 18.9 Å². The highest BCUT2D eigenvalue weighted by Gasteiger charge is 2.42. The molecular formula is C46H64BrN6O2+. The zero-order valence-corrected chi connectivity index (χ0v) is 37.0. The monoisotopic (exact) mass is 811 g/mol. The molecule has 1 N–H and O–H groups in total. The molecule has 0 radical (unpaired) electrons. The molecule has 0 unspecified atom stereocenters. The summed E-state index contributed by atoms with van der Waals surface area (Å²) in [5, 5.41) is 11.6. The van der Waals surface area contributed by atoms with Crippen LogP contribution < -0.4 is 0 Å². The molecule has 4 aliphatic heterocycles. The number of nitrogens with zero attached hydrogens (tertiary/aromatic N) is 6. The van der Waals surface area contributed by atoms with Gasteiger partial charge in [-0.3, -0.25) is 9.79 Å². The number of aliphatic hydroxyl groups is 1. The second-order valence-corrected chi connectivity index (χ2v) is 18.9. The Hall–Kier alpha value is -3.40. The Morgan fingerprint density at radius 3 is 2.16 bits per heavy atom. The number of halogens is 1. The lowest BCUT2D eigenvalue weighted by molar-refractivity contribution is -0.870. The molecule has 55 heavy (non-hydrogen) atoms. The highest BCUT2D eigenvalue weighted by Crippen LogP contribution is 2.51. The van der Waals surface area contributed by atoms with Crippen LogP contribution in [-0.4, -0.2) is 103 Å². The maximum atomic E-state index is 14.2. The Bertz CT molecular complexity index is 2010. The average molecular weight is 813 g/mol. The summed E-state index contributed by atoms with van der Waals surface area (Å²) in [5.74, 6) is 0.703. The third-order valence-corrected chi connectivity index (χ3v) is 13.2. The van der Waals surface area contributed by atoms with Crippen LogP contribution >= 0.6 is 15.9 Å². The zero-order valence-electron chi connectivity index (χ0n) is 35.4. The number of hydrogen-bond donors (Lipinski definition) is 1. The second-order valence-electron chi connectivity index (χ2n) is 18.1. The molecule has 0 fully saturated rings. The molecule has 6 rings (SSSR count). The van der Waals surface area contributed by atoms with Crippen molar-refractivity contribution >= 4 is 39.0 Å². The fourth-order valence-corrected chi connectivity index (χ4v) is 10.1. The molecule has 2 atom stereocenters. The summed E-state index contributed by atoms with van der Waals surface area (Å²) < 4.78 is 2.43. The Morgan fingerprint density at radius 1 is 0.891 bits per heavy atom. The Morgan fingerprint density at radius 2 is 1.53 bits per heavy atom. The smallest absolute Gasteiger partial charge is 0.222 e. The molecule has 1 amide bonds. The molecule has 0 saturated heterocycles. The first kappa shape index (κ1) is 41.2. The largest absolute Gasteiger partial charge is 0.511 e. The highest BCUT2D eigenvalue weighted by molar-refractivity contribution is 9.12. The minimum atomic E-state index is 0.0221. The van der Waals surface area contributed by atoms with E-state index < -0.39 is 0 Å². The van der Waals surface area contributed by atoms with Crippen LogP contribution in [0.2, 0.25) is 0 Å². The van der Waals surface area contributed by atoms with Gasteiger partial charge in [0, 0.05) is 76.0 Å². The van der Waals surface area contributed by atoms with Gasteiger partial charge in [-0.25, -0.2) is 9.98 Å². The van der Waals surface area contributed by atoms with E-state index in [0.717, 1.165) is 124 Å². The molecule has 0 aromatic carbocycles. The second kappa shape index (κ2) is 15.9. The first-order valence-electron chi connectivity index (χ1n) is 20.4. The molecule has 9 heteroatoms. The standard InChI is InChI=1S/C46H63BrN6O2/c1-13-32-28(4)37-26-39-33(14-2)29(5)44(49-39)43(47)45-30(6)34(17-18-41(55)51(19-15-21-52(7,8)9)20-16-22-53(10,11)12)46(50-45)36-25-40(54)42-27(3)31(23-35(36)42)24-38(32)48-37/h24,26,30,34H,7,13-23,25H2,1-6,8-12H3/p+1/t30-,34-/m0/s1. The number of aliphatic imine (C=N–C) groups is 3. The molecule has 0 saturated carbocycles. The van der Waals surface area contributed by atoms with Crippen molar-refractivity contribution in [3.8, 4) is 0 Å². The fourth-order valence-electron chi connectivity index (χ4n) is 9.24. The van der Waals surface area contributed by atoms with Gasteiger partial charge in [-0.15, -0.1) is 7.05 Å². The minimum Gasteiger partial charge on any atom is -0.511 e. The molecule has 0 spiro atoms. The molecule has 6 aliphatic rings. The lowest BCUT2D eigenvalue weighted by atomic mass is 9.82. The van der Waals surface area contributed by atoms with E-state index in [4.69, 9.17) is 15.0 Å². The summed E-state index contributed by atoms with van der Waals surface area (Å²) in [7, 11) is 15.1. The normalized spacial score (nSPS) is 22.7. The predicted octanol–water partition coefficient (Wildman–Crippen LogP) is 9.64. The number of quaternary nitrogens is 2. The summed E-state index contributed by atoms with van der Waals surface area (Å²) in [4.78, 5) is 32.3.